The Labute approximate surface area is 128 Å². The van der Waals surface area contributed by atoms with Gasteiger partial charge in [-0.25, -0.2) is 4.39 Å². The minimum absolute atomic E-state index is 0.149. The SMILES string of the molecule is Cc1ccccc1C[C@@H](NC(=O)c1cccc(F)c1)C(N)=O. The molecule has 0 radical (unpaired) electrons. The number of carbonyl (C=O) groups excluding carboxylic acids is 2. The van der Waals surface area contributed by atoms with Crippen LogP contribution in [0, 0.1) is 12.7 Å². The van der Waals surface area contributed by atoms with Crippen LogP contribution in [0.1, 0.15) is 21.5 Å². The molecule has 5 heteroatoms. The first kappa shape index (κ1) is 15.7. The molecule has 0 saturated carbocycles. The first-order valence-electron chi connectivity index (χ1n) is 6.87. The molecule has 3 N–H and O–H groups in total. The number of nitrogens with one attached hydrogen (secondary N) is 1. The fraction of sp³-hybridized carbons (Fsp3) is 0.176. The van der Waals surface area contributed by atoms with E-state index in [1.807, 2.05) is 31.2 Å². The Hall–Kier alpha value is -2.69. The third kappa shape index (κ3) is 3.91. The van der Waals surface area contributed by atoms with E-state index in [9.17, 15) is 14.0 Å². The fourth-order valence-corrected chi connectivity index (χ4v) is 2.15. The quantitative estimate of drug-likeness (QED) is 0.886. The van der Waals surface area contributed by atoms with Crippen LogP contribution in [-0.2, 0) is 11.2 Å². The van der Waals surface area contributed by atoms with Gasteiger partial charge in [0.05, 0.1) is 0 Å². The lowest BCUT2D eigenvalue weighted by Gasteiger charge is -2.17. The van der Waals surface area contributed by atoms with E-state index in [2.05, 4.69) is 5.32 Å². The summed E-state index contributed by atoms with van der Waals surface area (Å²) in [6.07, 6.45) is 0.295. The molecular weight excluding hydrogens is 283 g/mol. The van der Waals surface area contributed by atoms with Crippen LogP contribution in [0.3, 0.4) is 0 Å². The molecule has 2 aromatic carbocycles. The highest BCUT2D eigenvalue weighted by molar-refractivity contribution is 5.97. The first-order chi connectivity index (χ1) is 10.5. The van der Waals surface area contributed by atoms with Crippen molar-refractivity contribution in [3.63, 3.8) is 0 Å². The van der Waals surface area contributed by atoms with Crippen LogP contribution in [0.5, 0.6) is 0 Å². The molecule has 0 aromatic heterocycles. The van der Waals surface area contributed by atoms with Crippen molar-refractivity contribution >= 4 is 11.8 Å². The number of benzene rings is 2. The minimum atomic E-state index is -0.850. The lowest BCUT2D eigenvalue weighted by atomic mass is 10.0. The summed E-state index contributed by atoms with van der Waals surface area (Å²) < 4.78 is 13.2. The van der Waals surface area contributed by atoms with Gasteiger partial charge in [-0.1, -0.05) is 30.3 Å². The largest absolute Gasteiger partial charge is 0.368 e. The van der Waals surface area contributed by atoms with E-state index in [0.29, 0.717) is 6.42 Å². The van der Waals surface area contributed by atoms with Crippen LogP contribution in [0.15, 0.2) is 48.5 Å². The van der Waals surface area contributed by atoms with Crippen molar-refractivity contribution in [2.75, 3.05) is 0 Å². The summed E-state index contributed by atoms with van der Waals surface area (Å²) in [6.45, 7) is 1.92. The molecule has 0 bridgehead atoms. The molecule has 0 heterocycles. The van der Waals surface area contributed by atoms with E-state index in [0.717, 1.165) is 17.2 Å². The number of hydrogen-bond donors (Lipinski definition) is 2. The molecule has 4 nitrogen and oxygen atoms in total. The van der Waals surface area contributed by atoms with Gasteiger partial charge < -0.3 is 11.1 Å². The lowest BCUT2D eigenvalue weighted by Crippen LogP contribution is -2.46. The number of halogens is 1. The van der Waals surface area contributed by atoms with Gasteiger partial charge in [0.25, 0.3) is 5.91 Å². The molecule has 0 aliphatic carbocycles. The van der Waals surface area contributed by atoms with Crippen LogP contribution >= 0.6 is 0 Å². The topological polar surface area (TPSA) is 72.2 Å². The zero-order valence-electron chi connectivity index (χ0n) is 12.2. The molecule has 1 atom stereocenters. The molecule has 0 spiro atoms. The van der Waals surface area contributed by atoms with E-state index in [-0.39, 0.29) is 5.56 Å². The maximum Gasteiger partial charge on any atom is 0.252 e. The molecule has 2 amide bonds. The molecular formula is C17H17FN2O2. The van der Waals surface area contributed by atoms with Crippen LogP contribution in [0.4, 0.5) is 4.39 Å². The van der Waals surface area contributed by atoms with Gasteiger partial charge in [-0.2, -0.15) is 0 Å². The predicted octanol–water partition coefficient (Wildman–Crippen LogP) is 1.96. The number of rotatable bonds is 5. The number of nitrogens with two attached hydrogens (primary N) is 1. The highest BCUT2D eigenvalue weighted by Gasteiger charge is 2.20. The summed E-state index contributed by atoms with van der Waals surface area (Å²) in [7, 11) is 0. The highest BCUT2D eigenvalue weighted by Crippen LogP contribution is 2.11. The van der Waals surface area contributed by atoms with E-state index in [1.165, 1.54) is 18.2 Å². The van der Waals surface area contributed by atoms with Gasteiger partial charge in [-0.05, 0) is 36.2 Å². The Balaban J connectivity index is 2.14. The molecule has 0 unspecified atom stereocenters. The number of primary amides is 1. The third-order valence-corrected chi connectivity index (χ3v) is 3.42. The molecule has 0 aliphatic heterocycles. The van der Waals surface area contributed by atoms with E-state index < -0.39 is 23.7 Å². The summed E-state index contributed by atoms with van der Waals surface area (Å²) >= 11 is 0. The predicted molar refractivity (Wildman–Crippen MR) is 81.7 cm³/mol. The Morgan fingerprint density at radius 2 is 1.91 bits per heavy atom. The molecule has 2 aromatic rings. The molecule has 2 rings (SSSR count). The van der Waals surface area contributed by atoms with E-state index in [4.69, 9.17) is 5.73 Å². The Morgan fingerprint density at radius 1 is 1.18 bits per heavy atom. The van der Waals surface area contributed by atoms with Crippen molar-refractivity contribution in [1.82, 2.24) is 5.32 Å². The van der Waals surface area contributed by atoms with Crippen LogP contribution < -0.4 is 11.1 Å². The zero-order valence-corrected chi connectivity index (χ0v) is 12.2. The maximum atomic E-state index is 13.2. The van der Waals surface area contributed by atoms with Gasteiger partial charge in [0.15, 0.2) is 0 Å². The number of carbonyl (C=O) groups is 2. The molecule has 22 heavy (non-hydrogen) atoms. The average molecular weight is 300 g/mol. The van der Waals surface area contributed by atoms with Gasteiger partial charge in [0, 0.05) is 12.0 Å². The Kier molecular flexibility index (Phi) is 4.88. The highest BCUT2D eigenvalue weighted by atomic mass is 19.1. The van der Waals surface area contributed by atoms with Gasteiger partial charge in [-0.3, -0.25) is 9.59 Å². The fourth-order valence-electron chi connectivity index (χ4n) is 2.15. The average Bonchev–Trinajstić information content (AvgIpc) is 2.48. The number of aryl methyl sites for hydroxylation is 1. The van der Waals surface area contributed by atoms with Crippen LogP contribution in [-0.4, -0.2) is 17.9 Å². The normalized spacial score (nSPS) is 11.7. The second kappa shape index (κ2) is 6.85. The van der Waals surface area contributed by atoms with Gasteiger partial charge in [0.2, 0.25) is 5.91 Å². The number of hydrogen-bond acceptors (Lipinski definition) is 2. The molecule has 0 fully saturated rings. The van der Waals surface area contributed by atoms with Gasteiger partial charge in [0.1, 0.15) is 11.9 Å². The summed E-state index contributed by atoms with van der Waals surface area (Å²) in [5.41, 5.74) is 7.44. The third-order valence-electron chi connectivity index (χ3n) is 3.42. The lowest BCUT2D eigenvalue weighted by molar-refractivity contribution is -0.119. The van der Waals surface area contributed by atoms with Crippen molar-refractivity contribution in [1.29, 1.82) is 0 Å². The summed E-state index contributed by atoms with van der Waals surface area (Å²) in [4.78, 5) is 23.7. The maximum absolute atomic E-state index is 13.2. The molecule has 0 aliphatic rings. The smallest absolute Gasteiger partial charge is 0.252 e. The van der Waals surface area contributed by atoms with Gasteiger partial charge in [-0.15, -0.1) is 0 Å². The molecule has 114 valence electrons. The van der Waals surface area contributed by atoms with Crippen molar-refractivity contribution in [3.8, 4) is 0 Å². The Bertz CT molecular complexity index is 701. The first-order valence-corrected chi connectivity index (χ1v) is 6.87. The van der Waals surface area contributed by atoms with Gasteiger partial charge >= 0.3 is 0 Å². The molecule has 0 saturated heterocycles. The van der Waals surface area contributed by atoms with E-state index >= 15 is 0 Å². The zero-order chi connectivity index (χ0) is 16.1. The van der Waals surface area contributed by atoms with Crippen molar-refractivity contribution in [2.24, 2.45) is 5.73 Å². The van der Waals surface area contributed by atoms with Crippen molar-refractivity contribution < 1.29 is 14.0 Å². The second-order valence-electron chi connectivity index (χ2n) is 5.07. The standard InChI is InChI=1S/C17H17FN2O2/c1-11-5-2-3-6-12(11)10-15(16(19)21)20-17(22)13-7-4-8-14(18)9-13/h2-9,15H,10H2,1H3,(H2,19,21)(H,20,22)/t15-/m1/s1. The van der Waals surface area contributed by atoms with Crippen molar-refractivity contribution in [3.05, 3.63) is 71.0 Å². The summed E-state index contributed by atoms with van der Waals surface area (Å²) in [6, 6.07) is 12.0. The van der Waals surface area contributed by atoms with Crippen LogP contribution in [0.2, 0.25) is 0 Å². The minimum Gasteiger partial charge on any atom is -0.368 e. The summed E-state index contributed by atoms with van der Waals surface area (Å²) in [5, 5.41) is 2.56. The number of amides is 2. The van der Waals surface area contributed by atoms with E-state index in [1.54, 1.807) is 0 Å². The monoisotopic (exact) mass is 300 g/mol. The Morgan fingerprint density at radius 3 is 2.55 bits per heavy atom. The van der Waals surface area contributed by atoms with Crippen LogP contribution in [0.25, 0.3) is 0 Å². The summed E-state index contributed by atoms with van der Waals surface area (Å²) in [5.74, 6) is -1.67. The van der Waals surface area contributed by atoms with Crippen molar-refractivity contribution in [2.45, 2.75) is 19.4 Å². The second-order valence-corrected chi connectivity index (χ2v) is 5.07.